The molecule has 3 rings (SSSR count). The second-order valence-electron chi connectivity index (χ2n) is 4.89. The lowest BCUT2D eigenvalue weighted by Crippen LogP contribution is -2.07. The van der Waals surface area contributed by atoms with E-state index in [1.807, 2.05) is 0 Å². The molecule has 0 bridgehead atoms. The lowest BCUT2D eigenvalue weighted by atomic mass is 10.1. The molecule has 0 amide bonds. The van der Waals surface area contributed by atoms with Crippen LogP contribution in [0.25, 0.3) is 11.0 Å². The Morgan fingerprint density at radius 2 is 2.09 bits per heavy atom. The van der Waals surface area contributed by atoms with E-state index in [4.69, 9.17) is 0 Å². The van der Waals surface area contributed by atoms with Crippen molar-refractivity contribution in [3.8, 4) is 0 Å². The number of aromatic carboxylic acids is 1. The van der Waals surface area contributed by atoms with Crippen molar-refractivity contribution in [2.24, 2.45) is 7.05 Å². The number of nitrogens with one attached hydrogen (secondary N) is 1. The van der Waals surface area contributed by atoms with Crippen LogP contribution in [0, 0.1) is 11.6 Å². The summed E-state index contributed by atoms with van der Waals surface area (Å²) in [5.74, 6) is -2.81. The molecule has 5 nitrogen and oxygen atoms in total. The van der Waals surface area contributed by atoms with Gasteiger partial charge >= 0.3 is 5.97 Å². The van der Waals surface area contributed by atoms with Gasteiger partial charge in [-0.1, -0.05) is 15.9 Å². The summed E-state index contributed by atoms with van der Waals surface area (Å²) in [5, 5.41) is 11.8. The second kappa shape index (κ2) is 5.62. The van der Waals surface area contributed by atoms with Crippen molar-refractivity contribution in [3.63, 3.8) is 0 Å². The van der Waals surface area contributed by atoms with Crippen LogP contribution in [0.2, 0.25) is 0 Å². The summed E-state index contributed by atoms with van der Waals surface area (Å²) < 4.78 is 30.6. The number of carboxylic acid groups (broad SMARTS) is 1. The maximum atomic E-state index is 14.7. The Morgan fingerprint density at radius 3 is 2.74 bits per heavy atom. The highest BCUT2D eigenvalue weighted by molar-refractivity contribution is 9.10. The molecule has 118 valence electrons. The highest BCUT2D eigenvalue weighted by Crippen LogP contribution is 2.32. The zero-order valence-corrected chi connectivity index (χ0v) is 13.4. The molecule has 1 heterocycles. The highest BCUT2D eigenvalue weighted by atomic mass is 79.9. The normalized spacial score (nSPS) is 11.0. The molecule has 0 saturated carbocycles. The van der Waals surface area contributed by atoms with Gasteiger partial charge in [-0.05, 0) is 24.3 Å². The van der Waals surface area contributed by atoms with Gasteiger partial charge in [-0.25, -0.2) is 18.6 Å². The number of imidazole rings is 1. The van der Waals surface area contributed by atoms with Crippen molar-refractivity contribution in [2.75, 3.05) is 5.32 Å². The van der Waals surface area contributed by atoms with Crippen LogP contribution in [0.5, 0.6) is 0 Å². The Labute approximate surface area is 137 Å². The third-order valence-electron chi connectivity index (χ3n) is 3.38. The lowest BCUT2D eigenvalue weighted by molar-refractivity contribution is 0.0697. The van der Waals surface area contributed by atoms with E-state index in [9.17, 15) is 18.7 Å². The number of aryl methyl sites for hydroxylation is 1. The van der Waals surface area contributed by atoms with Crippen molar-refractivity contribution >= 4 is 44.3 Å². The predicted molar refractivity (Wildman–Crippen MR) is 85.0 cm³/mol. The molecule has 0 spiro atoms. The summed E-state index contributed by atoms with van der Waals surface area (Å²) in [6.07, 6.45) is 1.38. The zero-order chi connectivity index (χ0) is 16.7. The number of rotatable bonds is 3. The number of carbonyl (C=O) groups is 1. The van der Waals surface area contributed by atoms with Gasteiger partial charge in [-0.15, -0.1) is 0 Å². The number of aromatic nitrogens is 2. The SMILES string of the molecule is Cn1cnc2c(F)c(Nc3ccc(Br)cc3F)c(C(=O)O)cc21. The fourth-order valence-corrected chi connectivity index (χ4v) is 2.57. The van der Waals surface area contributed by atoms with Crippen LogP contribution in [0.4, 0.5) is 20.2 Å². The number of nitrogens with zero attached hydrogens (tertiary/aromatic N) is 2. The van der Waals surface area contributed by atoms with E-state index in [2.05, 4.69) is 26.2 Å². The van der Waals surface area contributed by atoms with Crippen LogP contribution in [-0.4, -0.2) is 20.6 Å². The van der Waals surface area contributed by atoms with E-state index in [1.165, 1.54) is 29.1 Å². The number of hydrogen-bond acceptors (Lipinski definition) is 3. The minimum atomic E-state index is -1.33. The number of fused-ring (bicyclic) bond motifs is 1. The van der Waals surface area contributed by atoms with Crippen LogP contribution in [0.3, 0.4) is 0 Å². The van der Waals surface area contributed by atoms with Crippen LogP contribution in [0.1, 0.15) is 10.4 Å². The molecule has 8 heteroatoms. The van der Waals surface area contributed by atoms with Crippen LogP contribution < -0.4 is 5.32 Å². The topological polar surface area (TPSA) is 67.2 Å². The van der Waals surface area contributed by atoms with Gasteiger partial charge < -0.3 is 15.0 Å². The first kappa shape index (κ1) is 15.4. The van der Waals surface area contributed by atoms with E-state index in [0.29, 0.717) is 9.99 Å². The summed E-state index contributed by atoms with van der Waals surface area (Å²) >= 11 is 3.12. The third-order valence-corrected chi connectivity index (χ3v) is 3.87. The summed E-state index contributed by atoms with van der Waals surface area (Å²) in [6.45, 7) is 0. The Hall–Kier alpha value is -2.48. The maximum Gasteiger partial charge on any atom is 0.338 e. The molecule has 2 N–H and O–H groups in total. The summed E-state index contributed by atoms with van der Waals surface area (Å²) in [7, 11) is 1.63. The quantitative estimate of drug-likeness (QED) is 0.717. The average Bonchev–Trinajstić information content (AvgIpc) is 2.85. The number of hydrogen-bond donors (Lipinski definition) is 2. The number of halogens is 3. The molecule has 0 aliphatic heterocycles. The summed E-state index contributed by atoms with van der Waals surface area (Å²) in [4.78, 5) is 15.4. The standard InChI is InChI=1S/C15H10BrF2N3O2/c1-21-6-19-14-11(21)5-8(15(22)23)13(12(14)18)20-10-3-2-7(16)4-9(10)17/h2-6,20H,1H3,(H,22,23). The minimum absolute atomic E-state index is 0.0116. The first-order valence-electron chi connectivity index (χ1n) is 6.47. The van der Waals surface area contributed by atoms with Gasteiger partial charge in [-0.2, -0.15) is 0 Å². The Balaban J connectivity index is 2.21. The van der Waals surface area contributed by atoms with E-state index in [1.54, 1.807) is 13.1 Å². The molecule has 23 heavy (non-hydrogen) atoms. The first-order valence-corrected chi connectivity index (χ1v) is 7.26. The molecule has 0 radical (unpaired) electrons. The van der Waals surface area contributed by atoms with Gasteiger partial charge in [0.1, 0.15) is 11.3 Å². The molecule has 0 saturated heterocycles. The average molecular weight is 382 g/mol. The van der Waals surface area contributed by atoms with Crippen molar-refractivity contribution in [1.82, 2.24) is 9.55 Å². The Morgan fingerprint density at radius 1 is 1.35 bits per heavy atom. The van der Waals surface area contributed by atoms with Crippen molar-refractivity contribution in [1.29, 1.82) is 0 Å². The van der Waals surface area contributed by atoms with Gasteiger partial charge in [0, 0.05) is 11.5 Å². The number of benzene rings is 2. The molecule has 0 aliphatic rings. The van der Waals surface area contributed by atoms with Crippen molar-refractivity contribution in [2.45, 2.75) is 0 Å². The molecule has 0 unspecified atom stereocenters. The largest absolute Gasteiger partial charge is 0.478 e. The molecular weight excluding hydrogens is 372 g/mol. The third kappa shape index (κ3) is 2.65. The highest BCUT2D eigenvalue weighted by Gasteiger charge is 2.21. The van der Waals surface area contributed by atoms with E-state index in [-0.39, 0.29) is 22.5 Å². The predicted octanol–water partition coefficient (Wildman–Crippen LogP) is 4.06. The van der Waals surface area contributed by atoms with Gasteiger partial charge in [0.15, 0.2) is 5.82 Å². The van der Waals surface area contributed by atoms with Gasteiger partial charge in [-0.3, -0.25) is 0 Å². The lowest BCUT2D eigenvalue weighted by Gasteiger charge is -2.12. The first-order chi connectivity index (χ1) is 10.9. The summed E-state index contributed by atoms with van der Waals surface area (Å²) in [5.41, 5.74) is -0.324. The molecule has 0 atom stereocenters. The fraction of sp³-hybridized carbons (Fsp3) is 0.0667. The van der Waals surface area contributed by atoms with Gasteiger partial charge in [0.2, 0.25) is 0 Å². The van der Waals surface area contributed by atoms with E-state index in [0.717, 1.165) is 0 Å². The monoisotopic (exact) mass is 381 g/mol. The summed E-state index contributed by atoms with van der Waals surface area (Å²) in [6, 6.07) is 5.43. The smallest absolute Gasteiger partial charge is 0.338 e. The molecule has 1 aromatic heterocycles. The fourth-order valence-electron chi connectivity index (χ4n) is 2.24. The molecule has 0 fully saturated rings. The Kier molecular flexibility index (Phi) is 3.77. The van der Waals surface area contributed by atoms with Crippen LogP contribution in [0.15, 0.2) is 35.1 Å². The molecule has 3 aromatic rings. The second-order valence-corrected chi connectivity index (χ2v) is 5.81. The molecule has 2 aromatic carbocycles. The van der Waals surface area contributed by atoms with E-state index >= 15 is 0 Å². The van der Waals surface area contributed by atoms with Gasteiger partial charge in [0.05, 0.1) is 28.8 Å². The zero-order valence-electron chi connectivity index (χ0n) is 11.8. The van der Waals surface area contributed by atoms with E-state index < -0.39 is 17.6 Å². The van der Waals surface area contributed by atoms with Crippen molar-refractivity contribution in [3.05, 3.63) is 52.3 Å². The van der Waals surface area contributed by atoms with Crippen LogP contribution in [-0.2, 0) is 7.05 Å². The van der Waals surface area contributed by atoms with Crippen molar-refractivity contribution < 1.29 is 18.7 Å². The molecular formula is C15H10BrF2N3O2. The molecule has 0 aliphatic carbocycles. The minimum Gasteiger partial charge on any atom is -0.478 e. The van der Waals surface area contributed by atoms with Gasteiger partial charge in [0.25, 0.3) is 0 Å². The maximum absolute atomic E-state index is 14.7. The number of carboxylic acids is 1. The van der Waals surface area contributed by atoms with Crippen LogP contribution >= 0.6 is 15.9 Å². The Bertz CT molecular complexity index is 940. The number of anilines is 2.